The van der Waals surface area contributed by atoms with E-state index < -0.39 is 10.0 Å². The Labute approximate surface area is 183 Å². The second kappa shape index (κ2) is 8.16. The molecule has 1 aliphatic rings. The first kappa shape index (κ1) is 21.6. The van der Waals surface area contributed by atoms with Gasteiger partial charge in [0.05, 0.1) is 15.9 Å². The van der Waals surface area contributed by atoms with Crippen molar-refractivity contribution < 1.29 is 8.42 Å². The van der Waals surface area contributed by atoms with Crippen LogP contribution in [0, 0.1) is 13.8 Å². The molecule has 8 heteroatoms. The Hall–Kier alpha value is -2.58. The van der Waals surface area contributed by atoms with Crippen LogP contribution in [-0.2, 0) is 23.1 Å². The van der Waals surface area contributed by atoms with Gasteiger partial charge in [-0.15, -0.1) is 0 Å². The van der Waals surface area contributed by atoms with E-state index in [2.05, 4.69) is 36.9 Å². The van der Waals surface area contributed by atoms with Gasteiger partial charge in [-0.05, 0) is 63.1 Å². The minimum atomic E-state index is -3.63. The number of sulfonamides is 1. The molecule has 7 nitrogen and oxygen atoms in total. The lowest BCUT2D eigenvalue weighted by atomic mass is 10.1. The molecule has 0 atom stereocenters. The lowest BCUT2D eigenvalue weighted by molar-refractivity contribution is 0.385. The number of aryl methyl sites for hydroxylation is 4. The maximum Gasteiger partial charge on any atom is 0.329 e. The maximum absolute atomic E-state index is 13.4. The molecule has 1 aliphatic heterocycles. The highest BCUT2D eigenvalue weighted by atomic mass is 32.2. The van der Waals surface area contributed by atoms with E-state index >= 15 is 0 Å². The van der Waals surface area contributed by atoms with E-state index in [1.54, 1.807) is 31.6 Å². The summed E-state index contributed by atoms with van der Waals surface area (Å²) >= 11 is 0. The molecule has 3 aromatic rings. The van der Waals surface area contributed by atoms with Crippen molar-refractivity contribution in [1.82, 2.24) is 13.4 Å². The summed E-state index contributed by atoms with van der Waals surface area (Å²) in [5.41, 5.74) is 4.91. The topological polar surface area (TPSA) is 67.5 Å². The molecule has 0 amide bonds. The number of imidazole rings is 1. The quantitative estimate of drug-likeness (QED) is 0.609. The summed E-state index contributed by atoms with van der Waals surface area (Å²) in [6.45, 7) is 11.2. The van der Waals surface area contributed by atoms with Gasteiger partial charge < -0.3 is 4.90 Å². The molecule has 31 heavy (non-hydrogen) atoms. The van der Waals surface area contributed by atoms with Gasteiger partial charge in [0.2, 0.25) is 10.0 Å². The van der Waals surface area contributed by atoms with Crippen molar-refractivity contribution in [2.45, 2.75) is 45.7 Å². The van der Waals surface area contributed by atoms with Crippen molar-refractivity contribution in [2.24, 2.45) is 0 Å². The highest BCUT2D eigenvalue weighted by Gasteiger charge is 2.29. The summed E-state index contributed by atoms with van der Waals surface area (Å²) in [5, 5.41) is 0. The molecule has 0 unspecified atom stereocenters. The number of nitrogens with zero attached hydrogens (tertiary/aromatic N) is 4. The monoisotopic (exact) mass is 442 g/mol. The van der Waals surface area contributed by atoms with E-state index in [-0.39, 0.29) is 10.6 Å². The fourth-order valence-electron chi connectivity index (χ4n) is 4.45. The third kappa shape index (κ3) is 3.68. The minimum Gasteiger partial charge on any atom is -0.369 e. The summed E-state index contributed by atoms with van der Waals surface area (Å²) in [4.78, 5) is 15.1. The molecule has 0 radical (unpaired) electrons. The first-order valence-corrected chi connectivity index (χ1v) is 12.3. The van der Waals surface area contributed by atoms with Gasteiger partial charge in [0.15, 0.2) is 0 Å². The molecule has 0 spiro atoms. The molecule has 0 bridgehead atoms. The third-order valence-corrected chi connectivity index (χ3v) is 8.10. The van der Waals surface area contributed by atoms with Crippen LogP contribution in [0.4, 0.5) is 5.69 Å². The molecule has 2 heterocycles. The van der Waals surface area contributed by atoms with Gasteiger partial charge in [0.25, 0.3) is 0 Å². The number of fused-ring (bicyclic) bond motifs is 1. The second-order valence-electron chi connectivity index (χ2n) is 8.10. The summed E-state index contributed by atoms with van der Waals surface area (Å²) in [6, 6.07) is 11.4. The standard InChI is InChI=1S/C23H30N4O3S/c1-5-26-20-10-9-19(16-22(20)27(6-2)23(26)28)31(29,30)25-13-11-24(12-14-25)21-15-17(3)7-8-18(21)4/h7-10,15-16H,5-6,11-14H2,1-4H3. The number of benzene rings is 2. The van der Waals surface area contributed by atoms with E-state index in [1.807, 2.05) is 13.8 Å². The predicted octanol–water partition coefficient (Wildman–Crippen LogP) is 2.97. The summed E-state index contributed by atoms with van der Waals surface area (Å²) in [5.74, 6) is 0. The first-order valence-electron chi connectivity index (χ1n) is 10.8. The number of hydrogen-bond acceptors (Lipinski definition) is 4. The minimum absolute atomic E-state index is 0.100. The number of aromatic nitrogens is 2. The summed E-state index contributed by atoms with van der Waals surface area (Å²) in [6.07, 6.45) is 0. The molecule has 0 N–H and O–H groups in total. The Kier molecular flexibility index (Phi) is 5.70. The fraction of sp³-hybridized carbons (Fsp3) is 0.435. The Morgan fingerprint density at radius 1 is 0.839 bits per heavy atom. The van der Waals surface area contributed by atoms with Crippen molar-refractivity contribution in [3.63, 3.8) is 0 Å². The molecular formula is C23H30N4O3S. The molecule has 4 rings (SSSR count). The van der Waals surface area contributed by atoms with Crippen LogP contribution in [0.2, 0.25) is 0 Å². The third-order valence-electron chi connectivity index (χ3n) is 6.20. The lowest BCUT2D eigenvalue weighted by Gasteiger charge is -2.36. The zero-order chi connectivity index (χ0) is 22.3. The van der Waals surface area contributed by atoms with Crippen LogP contribution in [0.1, 0.15) is 25.0 Å². The van der Waals surface area contributed by atoms with Crippen LogP contribution in [0.3, 0.4) is 0 Å². The Bertz CT molecular complexity index is 1280. The van der Waals surface area contributed by atoms with Crippen molar-refractivity contribution in [3.05, 3.63) is 58.0 Å². The highest BCUT2D eigenvalue weighted by molar-refractivity contribution is 7.89. The number of anilines is 1. The summed E-state index contributed by atoms with van der Waals surface area (Å²) in [7, 11) is -3.63. The summed E-state index contributed by atoms with van der Waals surface area (Å²) < 4.78 is 31.6. The van der Waals surface area contributed by atoms with E-state index in [9.17, 15) is 13.2 Å². The Morgan fingerprint density at radius 2 is 1.48 bits per heavy atom. The van der Waals surface area contributed by atoms with Gasteiger partial charge in [-0.1, -0.05) is 12.1 Å². The average molecular weight is 443 g/mol. The second-order valence-corrected chi connectivity index (χ2v) is 10.0. The van der Waals surface area contributed by atoms with E-state index in [0.717, 1.165) is 5.52 Å². The molecular weight excluding hydrogens is 412 g/mol. The van der Waals surface area contributed by atoms with Gasteiger partial charge in [0, 0.05) is 45.0 Å². The van der Waals surface area contributed by atoms with Crippen LogP contribution in [0.5, 0.6) is 0 Å². The Morgan fingerprint density at radius 3 is 2.13 bits per heavy atom. The molecule has 0 aliphatic carbocycles. The van der Waals surface area contributed by atoms with Gasteiger partial charge in [-0.2, -0.15) is 4.31 Å². The average Bonchev–Trinajstić information content (AvgIpc) is 3.05. The Balaban J connectivity index is 1.61. The molecule has 1 aromatic heterocycles. The highest BCUT2D eigenvalue weighted by Crippen LogP contribution is 2.26. The zero-order valence-electron chi connectivity index (χ0n) is 18.6. The number of rotatable bonds is 5. The predicted molar refractivity (Wildman–Crippen MR) is 124 cm³/mol. The zero-order valence-corrected chi connectivity index (χ0v) is 19.4. The van der Waals surface area contributed by atoms with Crippen molar-refractivity contribution in [1.29, 1.82) is 0 Å². The van der Waals surface area contributed by atoms with Gasteiger partial charge in [0.1, 0.15) is 0 Å². The first-order chi connectivity index (χ1) is 14.8. The van der Waals surface area contributed by atoms with Crippen LogP contribution in [-0.4, -0.2) is 48.0 Å². The SMILES string of the molecule is CCn1c(=O)n(CC)c2cc(S(=O)(=O)N3CCN(c4cc(C)ccc4C)CC3)ccc21. The van der Waals surface area contributed by atoms with Crippen molar-refractivity contribution >= 4 is 26.7 Å². The van der Waals surface area contributed by atoms with Crippen LogP contribution < -0.4 is 10.6 Å². The molecule has 1 fully saturated rings. The van der Waals surface area contributed by atoms with Crippen molar-refractivity contribution in [2.75, 3.05) is 31.1 Å². The van der Waals surface area contributed by atoms with E-state index in [1.165, 1.54) is 16.8 Å². The smallest absolute Gasteiger partial charge is 0.329 e. The normalized spacial score (nSPS) is 15.7. The number of piperazine rings is 1. The van der Waals surface area contributed by atoms with Gasteiger partial charge in [-0.3, -0.25) is 9.13 Å². The van der Waals surface area contributed by atoms with E-state index in [0.29, 0.717) is 44.8 Å². The van der Waals surface area contributed by atoms with Gasteiger partial charge >= 0.3 is 5.69 Å². The largest absolute Gasteiger partial charge is 0.369 e. The van der Waals surface area contributed by atoms with Crippen LogP contribution in [0.25, 0.3) is 11.0 Å². The van der Waals surface area contributed by atoms with Crippen LogP contribution in [0.15, 0.2) is 46.1 Å². The molecule has 1 saturated heterocycles. The van der Waals surface area contributed by atoms with Crippen molar-refractivity contribution in [3.8, 4) is 0 Å². The molecule has 0 saturated carbocycles. The lowest BCUT2D eigenvalue weighted by Crippen LogP contribution is -2.48. The maximum atomic E-state index is 13.4. The van der Waals surface area contributed by atoms with Crippen LogP contribution >= 0.6 is 0 Å². The van der Waals surface area contributed by atoms with E-state index in [4.69, 9.17) is 0 Å². The molecule has 166 valence electrons. The number of hydrogen-bond donors (Lipinski definition) is 0. The molecule has 2 aromatic carbocycles. The fourth-order valence-corrected chi connectivity index (χ4v) is 5.89. The van der Waals surface area contributed by atoms with Gasteiger partial charge in [-0.25, -0.2) is 13.2 Å².